The molecule has 252 valence electrons. The molecule has 7 rings (SSSR count). The van der Waals surface area contributed by atoms with Gasteiger partial charge in [0.15, 0.2) is 0 Å². The van der Waals surface area contributed by atoms with Crippen LogP contribution in [0.1, 0.15) is 47.1 Å². The number of amides is 1. The number of piperazine rings is 1. The van der Waals surface area contributed by atoms with Crippen molar-refractivity contribution < 1.29 is 14.6 Å². The van der Waals surface area contributed by atoms with Crippen molar-refractivity contribution in [2.45, 2.75) is 51.8 Å². The molecule has 2 fully saturated rings. The first-order chi connectivity index (χ1) is 23.4. The van der Waals surface area contributed by atoms with E-state index in [4.69, 9.17) is 4.74 Å². The van der Waals surface area contributed by atoms with Crippen LogP contribution < -0.4 is 15.8 Å². The number of aliphatic hydroxyl groups excluding tert-OH is 1. The molecule has 12 heteroatoms. The first-order valence-electron chi connectivity index (χ1n) is 16.9. The van der Waals surface area contributed by atoms with Crippen LogP contribution in [0.3, 0.4) is 0 Å². The Labute approximate surface area is 280 Å². The van der Waals surface area contributed by atoms with Crippen molar-refractivity contribution in [2.24, 2.45) is 12.0 Å². The van der Waals surface area contributed by atoms with E-state index in [9.17, 15) is 14.7 Å². The van der Waals surface area contributed by atoms with Crippen LogP contribution in [0.4, 0.5) is 11.4 Å². The number of pyridine rings is 2. The zero-order chi connectivity index (χ0) is 33.4. The summed E-state index contributed by atoms with van der Waals surface area (Å²) in [7, 11) is 1.68. The van der Waals surface area contributed by atoms with Crippen LogP contribution in [0.5, 0.6) is 0 Å². The Kier molecular flexibility index (Phi) is 9.04. The normalized spacial score (nSPS) is 19.2. The lowest BCUT2D eigenvalue weighted by atomic mass is 9.98. The molecule has 0 unspecified atom stereocenters. The molecule has 3 aromatic rings. The third-order valence-electron chi connectivity index (χ3n) is 10.3. The second kappa shape index (κ2) is 13.5. The van der Waals surface area contributed by atoms with Gasteiger partial charge >= 0.3 is 0 Å². The Hall–Kier alpha value is -4.52. The molecule has 0 spiro atoms. The van der Waals surface area contributed by atoms with E-state index in [-0.39, 0.29) is 18.1 Å². The van der Waals surface area contributed by atoms with Crippen LogP contribution >= 0.6 is 0 Å². The molecule has 0 radical (unpaired) electrons. The largest absolute Gasteiger partial charge is 0.392 e. The maximum atomic E-state index is 13.8. The molecule has 6 heterocycles. The summed E-state index contributed by atoms with van der Waals surface area (Å²) in [6, 6.07) is 4.33. The van der Waals surface area contributed by atoms with Crippen LogP contribution in [0.2, 0.25) is 0 Å². The van der Waals surface area contributed by atoms with Gasteiger partial charge in [0, 0.05) is 86.8 Å². The second-order valence-electron chi connectivity index (χ2n) is 13.1. The van der Waals surface area contributed by atoms with Crippen molar-refractivity contribution in [3.05, 3.63) is 87.3 Å². The van der Waals surface area contributed by atoms with E-state index in [0.717, 1.165) is 70.8 Å². The number of rotatable bonds is 9. The molecule has 2 saturated heterocycles. The Balaban J connectivity index is 1.13. The predicted molar refractivity (Wildman–Crippen MR) is 186 cm³/mol. The molecule has 48 heavy (non-hydrogen) atoms. The first kappa shape index (κ1) is 32.0. The standard InChI is InChI=1S/C36H44N8O4/c1-24(41-10-12-42(13-11-41)27-22-48-23-27)8-9-34(37-2)39-30-16-26(20-40(3)35(30)46)28-18-38-19-33(29(28)21-45)44-15-14-43-31-7-5-4-6-25(31)17-32(43)36(44)47/h8-9,16-20,27,39,45H,2,4-7,10-15,21-23H2,1,3H3/b24-8+,34-9+. The molecule has 0 atom stereocenters. The molecule has 4 aliphatic rings. The van der Waals surface area contributed by atoms with E-state index in [1.54, 1.807) is 36.6 Å². The maximum Gasteiger partial charge on any atom is 0.275 e. The Morgan fingerprint density at radius 3 is 2.60 bits per heavy atom. The Morgan fingerprint density at radius 1 is 1.08 bits per heavy atom. The van der Waals surface area contributed by atoms with Crippen LogP contribution in [-0.4, -0.2) is 93.6 Å². The SMILES string of the molecule is C=N/C(=C\C=C(/C)N1CCN(C2COC2)CC1)Nc1cc(-c2cncc(N3CCn4c(cc5c4CCCC5)C3=O)c2CO)cn(C)c1=O. The fraction of sp³-hybridized carbons (Fsp3) is 0.444. The number of ether oxygens (including phenoxy) is 1. The summed E-state index contributed by atoms with van der Waals surface area (Å²) in [4.78, 5) is 42.3. The summed E-state index contributed by atoms with van der Waals surface area (Å²) in [5.74, 6) is 0.352. The van der Waals surface area contributed by atoms with Gasteiger partial charge in [0.2, 0.25) is 0 Å². The van der Waals surface area contributed by atoms with E-state index in [0.29, 0.717) is 58.7 Å². The number of allylic oxidation sites excluding steroid dienone is 3. The predicted octanol–water partition coefficient (Wildman–Crippen LogP) is 3.15. The number of aliphatic imine (C=N–C) groups is 1. The molecule has 0 bridgehead atoms. The third kappa shape index (κ3) is 5.99. The van der Waals surface area contributed by atoms with Gasteiger partial charge in [-0.3, -0.25) is 19.5 Å². The van der Waals surface area contributed by atoms with Gasteiger partial charge in [0.05, 0.1) is 37.7 Å². The molecule has 3 aliphatic heterocycles. The summed E-state index contributed by atoms with van der Waals surface area (Å²) >= 11 is 0. The van der Waals surface area contributed by atoms with E-state index in [1.807, 2.05) is 18.2 Å². The minimum absolute atomic E-state index is 0.0860. The van der Waals surface area contributed by atoms with Crippen LogP contribution in [0.25, 0.3) is 11.1 Å². The minimum Gasteiger partial charge on any atom is -0.392 e. The molecular formula is C36H44N8O4. The molecule has 0 saturated carbocycles. The van der Waals surface area contributed by atoms with Crippen molar-refractivity contribution in [3.63, 3.8) is 0 Å². The highest BCUT2D eigenvalue weighted by molar-refractivity contribution is 6.07. The number of carbonyl (C=O) groups is 1. The number of hydrogen-bond acceptors (Lipinski definition) is 9. The molecule has 2 N–H and O–H groups in total. The van der Waals surface area contributed by atoms with Gasteiger partial charge in [-0.2, -0.15) is 0 Å². The zero-order valence-electron chi connectivity index (χ0n) is 27.8. The Morgan fingerprint density at radius 2 is 1.88 bits per heavy atom. The number of anilines is 2. The van der Waals surface area contributed by atoms with Gasteiger partial charge in [-0.15, -0.1) is 0 Å². The number of fused-ring (bicyclic) bond motifs is 3. The van der Waals surface area contributed by atoms with Crippen molar-refractivity contribution >= 4 is 24.0 Å². The summed E-state index contributed by atoms with van der Waals surface area (Å²) in [5.41, 5.74) is 6.90. The number of nitrogens with one attached hydrogen (secondary N) is 1. The Bertz CT molecular complexity index is 1840. The fourth-order valence-corrected chi connectivity index (χ4v) is 7.39. The molecular weight excluding hydrogens is 608 g/mol. The summed E-state index contributed by atoms with van der Waals surface area (Å²) in [6.45, 7) is 12.2. The fourth-order valence-electron chi connectivity index (χ4n) is 7.39. The molecule has 1 aliphatic carbocycles. The molecule has 3 aromatic heterocycles. The lowest BCUT2D eigenvalue weighted by Gasteiger charge is -2.43. The van der Waals surface area contributed by atoms with E-state index in [1.165, 1.54) is 15.8 Å². The molecule has 1 amide bonds. The maximum absolute atomic E-state index is 13.8. The van der Waals surface area contributed by atoms with E-state index < -0.39 is 0 Å². The van der Waals surface area contributed by atoms with Gasteiger partial charge in [-0.1, -0.05) is 0 Å². The number of aliphatic hydroxyl groups is 1. The summed E-state index contributed by atoms with van der Waals surface area (Å²) in [6.07, 6.45) is 13.2. The van der Waals surface area contributed by atoms with Gasteiger partial charge in [-0.25, -0.2) is 4.99 Å². The van der Waals surface area contributed by atoms with Gasteiger partial charge in [0.25, 0.3) is 11.5 Å². The molecule has 0 aromatic carbocycles. The van der Waals surface area contributed by atoms with Crippen LogP contribution in [0, 0.1) is 0 Å². The van der Waals surface area contributed by atoms with Gasteiger partial charge in [-0.05, 0) is 69.2 Å². The zero-order valence-corrected chi connectivity index (χ0v) is 27.8. The highest BCUT2D eigenvalue weighted by Crippen LogP contribution is 2.35. The monoisotopic (exact) mass is 652 g/mol. The van der Waals surface area contributed by atoms with Gasteiger partial charge in [0.1, 0.15) is 17.2 Å². The lowest BCUT2D eigenvalue weighted by Crippen LogP contribution is -2.56. The van der Waals surface area contributed by atoms with Crippen molar-refractivity contribution in [1.29, 1.82) is 0 Å². The average molecular weight is 653 g/mol. The van der Waals surface area contributed by atoms with E-state index in [2.05, 4.69) is 43.3 Å². The summed E-state index contributed by atoms with van der Waals surface area (Å²) < 4.78 is 9.02. The van der Waals surface area contributed by atoms with Crippen LogP contribution in [-0.2, 0) is 37.8 Å². The molecule has 12 nitrogen and oxygen atoms in total. The van der Waals surface area contributed by atoms with Crippen molar-refractivity contribution in [2.75, 3.05) is 56.2 Å². The quantitative estimate of drug-likeness (QED) is 0.267. The first-order valence-corrected chi connectivity index (χ1v) is 16.9. The van der Waals surface area contributed by atoms with Crippen LogP contribution in [0.15, 0.2) is 64.2 Å². The minimum atomic E-state index is -0.299. The lowest BCUT2D eigenvalue weighted by molar-refractivity contribution is -0.0747. The van der Waals surface area contributed by atoms with Crippen molar-refractivity contribution in [1.82, 2.24) is 23.9 Å². The second-order valence-corrected chi connectivity index (χ2v) is 13.1. The van der Waals surface area contributed by atoms with Crippen molar-refractivity contribution in [3.8, 4) is 11.1 Å². The van der Waals surface area contributed by atoms with Gasteiger partial charge < -0.3 is 34.1 Å². The summed E-state index contributed by atoms with van der Waals surface area (Å²) in [5, 5.41) is 13.8. The number of carbonyl (C=O) groups excluding carboxylic acids is 1. The number of aryl methyl sites for hydroxylation is 2. The number of nitrogens with zero attached hydrogens (tertiary/aromatic N) is 7. The highest BCUT2D eigenvalue weighted by Gasteiger charge is 2.32. The number of aromatic nitrogens is 3. The topological polar surface area (TPSA) is 120 Å². The highest BCUT2D eigenvalue weighted by atomic mass is 16.5. The third-order valence-corrected chi connectivity index (χ3v) is 10.3. The smallest absolute Gasteiger partial charge is 0.275 e. The van der Waals surface area contributed by atoms with E-state index >= 15 is 0 Å². The average Bonchev–Trinajstić information content (AvgIpc) is 3.47. The number of hydrogen-bond donors (Lipinski definition) is 2.